The molecule has 0 N–H and O–H groups in total. The van der Waals surface area contributed by atoms with E-state index in [0.717, 1.165) is 5.56 Å². The summed E-state index contributed by atoms with van der Waals surface area (Å²) in [6.07, 6.45) is 0.669. The molecule has 27 heavy (non-hydrogen) atoms. The Kier molecular flexibility index (Phi) is 6.08. The van der Waals surface area contributed by atoms with Crippen LogP contribution in [0.2, 0.25) is 10.0 Å². The van der Waals surface area contributed by atoms with E-state index in [-0.39, 0.29) is 23.8 Å². The number of benzene rings is 2. The Balaban J connectivity index is 1.66. The maximum atomic E-state index is 13.0. The number of hydrogen-bond donors (Lipinski definition) is 0. The number of halogens is 2. The van der Waals surface area contributed by atoms with Gasteiger partial charge in [0.15, 0.2) is 0 Å². The third kappa shape index (κ3) is 4.28. The van der Waals surface area contributed by atoms with E-state index in [1.54, 1.807) is 41.1 Å². The van der Waals surface area contributed by atoms with Crippen LogP contribution in [0, 0.1) is 5.92 Å². The summed E-state index contributed by atoms with van der Waals surface area (Å²) in [5.74, 6) is -0.199. The van der Waals surface area contributed by atoms with Crippen LogP contribution in [0.5, 0.6) is 0 Å². The second-order valence-corrected chi connectivity index (χ2v) is 7.74. The van der Waals surface area contributed by atoms with Crippen molar-refractivity contribution in [2.45, 2.75) is 19.4 Å². The fourth-order valence-corrected chi connectivity index (χ4v) is 4.00. The van der Waals surface area contributed by atoms with Gasteiger partial charge in [-0.15, -0.1) is 0 Å². The van der Waals surface area contributed by atoms with Gasteiger partial charge < -0.3 is 9.80 Å². The minimum absolute atomic E-state index is 0.0249. The first-order chi connectivity index (χ1) is 12.9. The molecule has 0 aromatic heterocycles. The molecule has 1 saturated heterocycles. The highest BCUT2D eigenvalue weighted by Gasteiger charge is 2.34. The largest absolute Gasteiger partial charge is 0.339 e. The zero-order chi connectivity index (χ0) is 19.6. The van der Waals surface area contributed by atoms with E-state index < -0.39 is 0 Å². The molecule has 3 rings (SSSR count). The van der Waals surface area contributed by atoms with Crippen LogP contribution in [0.3, 0.4) is 0 Å². The summed E-state index contributed by atoms with van der Waals surface area (Å²) in [5.41, 5.74) is 1.51. The summed E-state index contributed by atoms with van der Waals surface area (Å²) in [4.78, 5) is 29.0. The van der Waals surface area contributed by atoms with Crippen molar-refractivity contribution < 1.29 is 9.59 Å². The van der Waals surface area contributed by atoms with Crippen molar-refractivity contribution in [2.24, 2.45) is 5.92 Å². The summed E-state index contributed by atoms with van der Waals surface area (Å²) in [5, 5.41) is 1.11. The van der Waals surface area contributed by atoms with Crippen LogP contribution in [0.15, 0.2) is 48.5 Å². The Hall–Kier alpha value is -2.04. The Bertz CT molecular complexity index is 841. The molecule has 142 valence electrons. The van der Waals surface area contributed by atoms with E-state index in [0.29, 0.717) is 35.1 Å². The number of rotatable bonds is 4. The van der Waals surface area contributed by atoms with Gasteiger partial charge in [-0.05, 0) is 43.2 Å². The highest BCUT2D eigenvalue weighted by Crippen LogP contribution is 2.31. The zero-order valence-corrected chi connectivity index (χ0v) is 16.9. The van der Waals surface area contributed by atoms with Crippen molar-refractivity contribution in [3.8, 4) is 0 Å². The fraction of sp³-hybridized carbons (Fsp3) is 0.333. The predicted molar refractivity (Wildman–Crippen MR) is 108 cm³/mol. The third-order valence-electron chi connectivity index (χ3n) is 5.19. The molecule has 1 aliphatic heterocycles. The molecule has 0 saturated carbocycles. The molecule has 1 aliphatic rings. The first kappa shape index (κ1) is 19.7. The fourth-order valence-electron chi connectivity index (χ4n) is 3.44. The Morgan fingerprint density at radius 2 is 1.85 bits per heavy atom. The Morgan fingerprint density at radius 1 is 1.15 bits per heavy atom. The first-order valence-electron chi connectivity index (χ1n) is 8.94. The molecule has 1 heterocycles. The lowest BCUT2D eigenvalue weighted by Gasteiger charge is -2.28. The highest BCUT2D eigenvalue weighted by molar-refractivity contribution is 6.35. The number of likely N-dealkylation sites (tertiary alicyclic amines) is 1. The zero-order valence-electron chi connectivity index (χ0n) is 15.4. The van der Waals surface area contributed by atoms with Gasteiger partial charge >= 0.3 is 0 Å². The van der Waals surface area contributed by atoms with Crippen LogP contribution in [0.1, 0.15) is 35.3 Å². The molecular formula is C21H22Cl2N2O2. The van der Waals surface area contributed by atoms with Crippen molar-refractivity contribution in [3.63, 3.8) is 0 Å². The van der Waals surface area contributed by atoms with Gasteiger partial charge in [0, 0.05) is 35.7 Å². The maximum Gasteiger partial charge on any atom is 0.253 e. The number of amides is 2. The molecule has 0 aliphatic carbocycles. The van der Waals surface area contributed by atoms with Crippen LogP contribution in [-0.4, -0.2) is 41.8 Å². The quantitative estimate of drug-likeness (QED) is 0.742. The number of nitrogens with zero attached hydrogens (tertiary/aromatic N) is 2. The minimum Gasteiger partial charge on any atom is -0.339 e. The predicted octanol–water partition coefficient (Wildman–Crippen LogP) is 4.68. The van der Waals surface area contributed by atoms with E-state index in [1.807, 2.05) is 31.2 Å². The minimum atomic E-state index is -0.198. The van der Waals surface area contributed by atoms with E-state index in [2.05, 4.69) is 0 Å². The van der Waals surface area contributed by atoms with Crippen molar-refractivity contribution in [2.75, 3.05) is 20.1 Å². The van der Waals surface area contributed by atoms with Gasteiger partial charge in [0.05, 0.1) is 12.0 Å². The number of hydrogen-bond acceptors (Lipinski definition) is 2. The molecule has 0 spiro atoms. The monoisotopic (exact) mass is 404 g/mol. The Morgan fingerprint density at radius 3 is 2.52 bits per heavy atom. The van der Waals surface area contributed by atoms with Crippen LogP contribution >= 0.6 is 23.2 Å². The van der Waals surface area contributed by atoms with E-state index >= 15 is 0 Å². The lowest BCUT2D eigenvalue weighted by molar-refractivity contribution is -0.135. The van der Waals surface area contributed by atoms with Crippen molar-refractivity contribution in [1.29, 1.82) is 0 Å². The van der Waals surface area contributed by atoms with E-state index in [9.17, 15) is 9.59 Å². The summed E-state index contributed by atoms with van der Waals surface area (Å²) in [6.45, 7) is 2.97. The third-order valence-corrected chi connectivity index (χ3v) is 5.75. The second kappa shape index (κ2) is 8.32. The Labute approximate surface area is 169 Å². The van der Waals surface area contributed by atoms with Gasteiger partial charge in [0.25, 0.3) is 5.91 Å². The van der Waals surface area contributed by atoms with Crippen LogP contribution < -0.4 is 0 Å². The van der Waals surface area contributed by atoms with Gasteiger partial charge in [-0.2, -0.15) is 0 Å². The van der Waals surface area contributed by atoms with Crippen LogP contribution in [0.4, 0.5) is 0 Å². The average molecular weight is 405 g/mol. The van der Waals surface area contributed by atoms with Crippen LogP contribution in [0.25, 0.3) is 0 Å². The maximum absolute atomic E-state index is 13.0. The molecule has 0 bridgehead atoms. The second-order valence-electron chi connectivity index (χ2n) is 6.89. The van der Waals surface area contributed by atoms with Gasteiger partial charge in [-0.1, -0.05) is 47.5 Å². The standard InChI is InChI=1S/C21H22Cl2N2O2/c1-14(18-9-8-17(22)12-19(18)23)24(2)20(26)16-10-11-25(13-16)21(27)15-6-4-3-5-7-15/h3-9,12,14,16H,10-11,13H2,1-2H3. The molecular weight excluding hydrogens is 383 g/mol. The molecule has 2 amide bonds. The van der Waals surface area contributed by atoms with Gasteiger partial charge in [-0.3, -0.25) is 9.59 Å². The summed E-state index contributed by atoms with van der Waals surface area (Å²) >= 11 is 12.3. The molecule has 0 radical (unpaired) electrons. The summed E-state index contributed by atoms with van der Waals surface area (Å²) in [6, 6.07) is 14.3. The lowest BCUT2D eigenvalue weighted by Crippen LogP contribution is -2.37. The van der Waals surface area contributed by atoms with Crippen molar-refractivity contribution >= 4 is 35.0 Å². The van der Waals surface area contributed by atoms with Crippen LogP contribution in [-0.2, 0) is 4.79 Å². The number of carbonyl (C=O) groups excluding carboxylic acids is 2. The molecule has 4 nitrogen and oxygen atoms in total. The molecule has 2 aromatic rings. The topological polar surface area (TPSA) is 40.6 Å². The molecule has 2 unspecified atom stereocenters. The summed E-state index contributed by atoms with van der Waals surface area (Å²) in [7, 11) is 1.78. The molecule has 2 atom stereocenters. The average Bonchev–Trinajstić information content (AvgIpc) is 3.16. The van der Waals surface area contributed by atoms with Crippen molar-refractivity contribution in [1.82, 2.24) is 9.80 Å². The smallest absolute Gasteiger partial charge is 0.253 e. The van der Waals surface area contributed by atoms with Gasteiger partial charge in [0.1, 0.15) is 0 Å². The summed E-state index contributed by atoms with van der Waals surface area (Å²) < 4.78 is 0. The highest BCUT2D eigenvalue weighted by atomic mass is 35.5. The molecule has 1 fully saturated rings. The van der Waals surface area contributed by atoms with Crippen molar-refractivity contribution in [3.05, 3.63) is 69.7 Å². The number of carbonyl (C=O) groups is 2. The van der Waals surface area contributed by atoms with E-state index in [1.165, 1.54) is 0 Å². The SMILES string of the molecule is CC(c1ccc(Cl)cc1Cl)N(C)C(=O)C1CCN(C(=O)c2ccccc2)C1. The van der Waals surface area contributed by atoms with Gasteiger partial charge in [-0.25, -0.2) is 0 Å². The molecule has 6 heteroatoms. The lowest BCUT2D eigenvalue weighted by atomic mass is 10.0. The first-order valence-corrected chi connectivity index (χ1v) is 9.70. The van der Waals surface area contributed by atoms with E-state index in [4.69, 9.17) is 23.2 Å². The van der Waals surface area contributed by atoms with Gasteiger partial charge in [0.2, 0.25) is 5.91 Å². The molecule has 2 aromatic carbocycles. The normalized spacial score (nSPS) is 17.6.